The zero-order chi connectivity index (χ0) is 23.2. The Bertz CT molecular complexity index is 1410. The number of rotatable bonds is 5. The van der Waals surface area contributed by atoms with Crippen molar-refractivity contribution in [3.63, 3.8) is 0 Å². The first-order valence-electron chi connectivity index (χ1n) is 10.00. The van der Waals surface area contributed by atoms with Crippen LogP contribution < -0.4 is 0 Å². The van der Waals surface area contributed by atoms with Gasteiger partial charge in [0.25, 0.3) is 10.0 Å². The molecule has 2 aromatic carbocycles. The lowest BCUT2D eigenvalue weighted by Gasteiger charge is -2.40. The van der Waals surface area contributed by atoms with E-state index in [-0.39, 0.29) is 10.8 Å². The standard InChI is InChI=1S/C20H20BrN5O5S2/c21-14-10-16(20-24-23-19(31-20)13-25-6-8-32(27,28)9-7-25)17-12-22-26(18(17)11-14)33(29,30)15-4-2-1-3-5-15/h1-5,10-12,27-28H,6-9,13H2. The lowest BCUT2D eigenvalue weighted by atomic mass is 10.1. The van der Waals surface area contributed by atoms with Crippen LogP contribution in [0.3, 0.4) is 0 Å². The molecule has 0 amide bonds. The monoisotopic (exact) mass is 553 g/mol. The van der Waals surface area contributed by atoms with Gasteiger partial charge >= 0.3 is 0 Å². The smallest absolute Gasteiger partial charge is 0.283 e. The van der Waals surface area contributed by atoms with Crippen LogP contribution in [-0.4, -0.2) is 66.4 Å². The van der Waals surface area contributed by atoms with Gasteiger partial charge in [0.2, 0.25) is 11.8 Å². The van der Waals surface area contributed by atoms with Crippen LogP contribution in [0.1, 0.15) is 5.89 Å². The Morgan fingerprint density at radius 3 is 2.55 bits per heavy atom. The van der Waals surface area contributed by atoms with E-state index in [0.717, 1.165) is 4.09 Å². The minimum Gasteiger partial charge on any atom is -0.419 e. The zero-order valence-corrected chi connectivity index (χ0v) is 20.4. The second-order valence-electron chi connectivity index (χ2n) is 7.68. The van der Waals surface area contributed by atoms with Crippen LogP contribution in [0.4, 0.5) is 0 Å². The van der Waals surface area contributed by atoms with Crippen LogP contribution in [-0.2, 0) is 16.6 Å². The molecule has 0 aliphatic carbocycles. The molecule has 0 radical (unpaired) electrons. The summed E-state index contributed by atoms with van der Waals surface area (Å²) in [5.41, 5.74) is 0.935. The fourth-order valence-corrected chi connectivity index (χ4v) is 6.70. The predicted octanol–water partition coefficient (Wildman–Crippen LogP) is 3.65. The number of benzene rings is 2. The van der Waals surface area contributed by atoms with E-state index < -0.39 is 20.6 Å². The van der Waals surface area contributed by atoms with Gasteiger partial charge in [-0.15, -0.1) is 10.2 Å². The molecule has 174 valence electrons. The van der Waals surface area contributed by atoms with Crippen molar-refractivity contribution in [2.75, 3.05) is 24.6 Å². The summed E-state index contributed by atoms with van der Waals surface area (Å²) in [5, 5.41) is 13.0. The van der Waals surface area contributed by atoms with Gasteiger partial charge in [-0.1, -0.05) is 34.1 Å². The molecular weight excluding hydrogens is 534 g/mol. The summed E-state index contributed by atoms with van der Waals surface area (Å²) in [4.78, 5) is 2.16. The van der Waals surface area contributed by atoms with E-state index in [9.17, 15) is 17.5 Å². The van der Waals surface area contributed by atoms with Crippen LogP contribution in [0.2, 0.25) is 0 Å². The number of halogens is 1. The number of fused-ring (bicyclic) bond motifs is 1. The first kappa shape index (κ1) is 22.5. The SMILES string of the molecule is O=S(=O)(c1ccccc1)n1ncc2c(-c3nnc(CN4CCS(O)(O)CC4)o3)cc(Br)cc21. The van der Waals surface area contributed by atoms with Crippen LogP contribution >= 0.6 is 26.5 Å². The fourth-order valence-electron chi connectivity index (χ4n) is 3.67. The van der Waals surface area contributed by atoms with Crippen molar-refractivity contribution in [3.8, 4) is 11.5 Å². The zero-order valence-electron chi connectivity index (χ0n) is 17.2. The highest BCUT2D eigenvalue weighted by atomic mass is 79.9. The maximum absolute atomic E-state index is 13.1. The maximum Gasteiger partial charge on any atom is 0.283 e. The summed E-state index contributed by atoms with van der Waals surface area (Å²) in [6.07, 6.45) is 1.47. The van der Waals surface area contributed by atoms with E-state index in [4.69, 9.17) is 4.42 Å². The third-order valence-electron chi connectivity index (χ3n) is 5.41. The van der Waals surface area contributed by atoms with Gasteiger partial charge in [0.1, 0.15) is 0 Å². The maximum atomic E-state index is 13.1. The number of aromatic nitrogens is 4. The predicted molar refractivity (Wildman–Crippen MR) is 128 cm³/mol. The summed E-state index contributed by atoms with van der Waals surface area (Å²) in [5.74, 6) is 1.29. The van der Waals surface area contributed by atoms with E-state index in [0.29, 0.717) is 58.0 Å². The molecule has 0 unspecified atom stereocenters. The van der Waals surface area contributed by atoms with Gasteiger partial charge in [-0.2, -0.15) is 28.2 Å². The first-order chi connectivity index (χ1) is 15.7. The minimum atomic E-state index is -3.89. The summed E-state index contributed by atoms with van der Waals surface area (Å²) in [7, 11) is -6.37. The van der Waals surface area contributed by atoms with Crippen LogP contribution in [0.5, 0.6) is 0 Å². The number of nitrogens with zero attached hydrogens (tertiary/aromatic N) is 5. The van der Waals surface area contributed by atoms with Crippen molar-refractivity contribution in [2.45, 2.75) is 11.4 Å². The molecule has 2 aromatic heterocycles. The van der Waals surface area contributed by atoms with Crippen molar-refractivity contribution < 1.29 is 21.9 Å². The molecule has 1 aliphatic rings. The summed E-state index contributed by atoms with van der Waals surface area (Å²) in [6, 6.07) is 11.6. The summed E-state index contributed by atoms with van der Waals surface area (Å²) >= 11 is 3.44. The normalized spacial score (nSPS) is 17.9. The summed E-state index contributed by atoms with van der Waals surface area (Å²) < 4.78 is 53.3. The lowest BCUT2D eigenvalue weighted by molar-refractivity contribution is 0.251. The largest absolute Gasteiger partial charge is 0.419 e. The van der Waals surface area contributed by atoms with E-state index in [2.05, 4.69) is 31.2 Å². The van der Waals surface area contributed by atoms with Crippen LogP contribution in [0.15, 0.2) is 62.4 Å². The highest BCUT2D eigenvalue weighted by molar-refractivity contribution is 9.10. The van der Waals surface area contributed by atoms with Gasteiger partial charge in [-0.25, -0.2) is 0 Å². The first-order valence-corrected chi connectivity index (χ1v) is 14.1. The number of hydrogen-bond acceptors (Lipinski definition) is 9. The molecule has 1 aliphatic heterocycles. The van der Waals surface area contributed by atoms with Gasteiger partial charge in [0, 0.05) is 22.9 Å². The molecule has 33 heavy (non-hydrogen) atoms. The van der Waals surface area contributed by atoms with Gasteiger partial charge in [-0.3, -0.25) is 14.0 Å². The molecule has 1 fully saturated rings. The van der Waals surface area contributed by atoms with Gasteiger partial charge in [-0.05, 0) is 24.3 Å². The van der Waals surface area contributed by atoms with Crippen LogP contribution in [0.25, 0.3) is 22.4 Å². The van der Waals surface area contributed by atoms with E-state index in [1.807, 2.05) is 4.90 Å². The van der Waals surface area contributed by atoms with Gasteiger partial charge in [0.05, 0.1) is 40.2 Å². The molecule has 1 saturated heterocycles. The topological polar surface area (TPSA) is 135 Å². The highest BCUT2D eigenvalue weighted by Crippen LogP contribution is 2.40. The molecule has 0 atom stereocenters. The van der Waals surface area contributed by atoms with Crippen molar-refractivity contribution >= 4 is 47.4 Å². The van der Waals surface area contributed by atoms with E-state index in [1.165, 1.54) is 18.3 Å². The van der Waals surface area contributed by atoms with Crippen molar-refractivity contribution in [3.05, 3.63) is 59.0 Å². The summed E-state index contributed by atoms with van der Waals surface area (Å²) in [6.45, 7) is 1.46. The van der Waals surface area contributed by atoms with E-state index >= 15 is 0 Å². The Hall–Kier alpha value is -2.29. The molecule has 4 aromatic rings. The second-order valence-corrected chi connectivity index (χ2v) is 12.8. The Morgan fingerprint density at radius 2 is 1.82 bits per heavy atom. The highest BCUT2D eigenvalue weighted by Gasteiger charge is 2.25. The van der Waals surface area contributed by atoms with Gasteiger partial charge < -0.3 is 4.42 Å². The third-order valence-corrected chi connectivity index (χ3v) is 9.16. The van der Waals surface area contributed by atoms with E-state index in [1.54, 1.807) is 30.3 Å². The molecule has 0 saturated carbocycles. The van der Waals surface area contributed by atoms with Crippen LogP contribution in [0, 0.1) is 0 Å². The fraction of sp³-hybridized carbons (Fsp3) is 0.250. The average molecular weight is 554 g/mol. The average Bonchev–Trinajstić information content (AvgIpc) is 3.43. The molecule has 2 N–H and O–H groups in total. The second kappa shape index (κ2) is 8.49. The molecule has 0 spiro atoms. The molecule has 10 nitrogen and oxygen atoms in total. The molecule has 0 bridgehead atoms. The Balaban J connectivity index is 1.48. The quantitative estimate of drug-likeness (QED) is 0.379. The molecule has 5 rings (SSSR count). The Labute approximate surface area is 199 Å². The molecule has 13 heteroatoms. The third kappa shape index (κ3) is 4.44. The number of hydrogen-bond donors (Lipinski definition) is 2. The lowest BCUT2D eigenvalue weighted by Crippen LogP contribution is -2.37. The minimum absolute atomic E-state index is 0.134. The molecular formula is C20H20BrN5O5S2. The van der Waals surface area contributed by atoms with Crippen molar-refractivity contribution in [1.29, 1.82) is 0 Å². The van der Waals surface area contributed by atoms with Crippen molar-refractivity contribution in [2.24, 2.45) is 0 Å². The van der Waals surface area contributed by atoms with Gasteiger partial charge in [0.15, 0.2) is 0 Å². The Kier molecular flexibility index (Phi) is 5.79. The Morgan fingerprint density at radius 1 is 1.09 bits per heavy atom. The molecule has 3 heterocycles. The van der Waals surface area contributed by atoms with Crippen molar-refractivity contribution in [1.82, 2.24) is 24.3 Å².